The molecule has 0 spiro atoms. The molecule has 0 bridgehead atoms. The molecule has 2 aromatic rings. The van der Waals surface area contributed by atoms with E-state index in [1.165, 1.54) is 0 Å². The fourth-order valence-electron chi connectivity index (χ4n) is 2.12. The summed E-state index contributed by atoms with van der Waals surface area (Å²) in [6.45, 7) is 5.59. The quantitative estimate of drug-likeness (QED) is 0.765. The van der Waals surface area contributed by atoms with Crippen molar-refractivity contribution in [3.63, 3.8) is 0 Å². The highest BCUT2D eigenvalue weighted by Gasteiger charge is 2.14. The number of hydrogen-bond donors (Lipinski definition) is 0. The molecule has 1 heterocycles. The third-order valence-electron chi connectivity index (χ3n) is 2.90. The van der Waals surface area contributed by atoms with E-state index in [0.29, 0.717) is 0 Å². The van der Waals surface area contributed by atoms with Crippen LogP contribution < -0.4 is 0 Å². The molecule has 0 aliphatic carbocycles. The number of benzene rings is 1. The minimum atomic E-state index is 0.108. The lowest BCUT2D eigenvalue weighted by Crippen LogP contribution is -2.01. The maximum atomic E-state index is 11.5. The lowest BCUT2D eigenvalue weighted by Gasteiger charge is -2.11. The van der Waals surface area contributed by atoms with E-state index in [-0.39, 0.29) is 5.78 Å². The molecule has 0 atom stereocenters. The average Bonchev–Trinajstić information content (AvgIpc) is 2.56. The molecule has 0 radical (unpaired) electrons. The molecule has 0 N–H and O–H groups in total. The molecule has 0 saturated carbocycles. The Morgan fingerprint density at radius 1 is 1.24 bits per heavy atom. The summed E-state index contributed by atoms with van der Waals surface area (Å²) < 4.78 is 3.12. The van der Waals surface area contributed by atoms with Crippen molar-refractivity contribution in [2.45, 2.75) is 20.8 Å². The minimum Gasteiger partial charge on any atom is -0.317 e. The second-order valence-corrected chi connectivity index (χ2v) is 4.98. The molecule has 0 amide bonds. The van der Waals surface area contributed by atoms with Crippen LogP contribution in [0.3, 0.4) is 0 Å². The van der Waals surface area contributed by atoms with E-state index in [2.05, 4.69) is 20.5 Å². The number of ketones is 1. The van der Waals surface area contributed by atoms with Crippen molar-refractivity contribution in [1.82, 2.24) is 4.57 Å². The molecule has 0 aliphatic heterocycles. The van der Waals surface area contributed by atoms with Gasteiger partial charge in [0, 0.05) is 21.4 Å². The molecule has 2 rings (SSSR count). The van der Waals surface area contributed by atoms with Crippen LogP contribution in [0.5, 0.6) is 0 Å². The van der Waals surface area contributed by atoms with Crippen LogP contribution in [-0.2, 0) is 0 Å². The number of aromatic nitrogens is 1. The first kappa shape index (κ1) is 12.1. The molecular weight excluding hydrogens is 278 g/mol. The molecular formula is C14H14BrNO. The predicted molar refractivity (Wildman–Crippen MR) is 72.9 cm³/mol. The van der Waals surface area contributed by atoms with Gasteiger partial charge < -0.3 is 4.57 Å². The van der Waals surface area contributed by atoms with Crippen LogP contribution in [0.4, 0.5) is 0 Å². The number of nitrogens with zero attached hydrogens (tertiary/aromatic N) is 1. The number of aryl methyl sites for hydroxylation is 1. The number of para-hydroxylation sites is 1. The number of halogens is 1. The van der Waals surface area contributed by atoms with Crippen LogP contribution >= 0.6 is 15.9 Å². The van der Waals surface area contributed by atoms with E-state index in [0.717, 1.165) is 27.1 Å². The van der Waals surface area contributed by atoms with Gasteiger partial charge in [-0.1, -0.05) is 12.1 Å². The topological polar surface area (TPSA) is 22.0 Å². The van der Waals surface area contributed by atoms with Crippen LogP contribution in [0.2, 0.25) is 0 Å². The minimum absolute atomic E-state index is 0.108. The molecule has 17 heavy (non-hydrogen) atoms. The van der Waals surface area contributed by atoms with Gasteiger partial charge in [0.1, 0.15) is 0 Å². The Bertz CT molecular complexity index is 584. The third-order valence-corrected chi connectivity index (χ3v) is 3.57. The second kappa shape index (κ2) is 4.49. The van der Waals surface area contributed by atoms with Gasteiger partial charge in [0.2, 0.25) is 0 Å². The summed E-state index contributed by atoms with van der Waals surface area (Å²) in [5, 5.41) is 0. The van der Waals surface area contributed by atoms with Crippen molar-refractivity contribution in [2.75, 3.05) is 0 Å². The summed E-state index contributed by atoms with van der Waals surface area (Å²) in [5.41, 5.74) is 3.91. The van der Waals surface area contributed by atoms with Gasteiger partial charge in [0.05, 0.1) is 5.69 Å². The van der Waals surface area contributed by atoms with E-state index in [1.54, 1.807) is 6.92 Å². The van der Waals surface area contributed by atoms with Gasteiger partial charge in [0.15, 0.2) is 5.78 Å². The number of Topliss-reactive ketones (excluding diaryl/α,β-unsaturated/α-hetero) is 1. The Labute approximate surface area is 109 Å². The maximum absolute atomic E-state index is 11.5. The standard InChI is InChI=1S/C14H14BrNO/c1-9-8-12(11(3)17)10(2)16(9)14-7-5-4-6-13(14)15/h4-8H,1-3H3. The van der Waals surface area contributed by atoms with E-state index in [9.17, 15) is 4.79 Å². The highest BCUT2D eigenvalue weighted by atomic mass is 79.9. The van der Waals surface area contributed by atoms with Gasteiger partial charge in [-0.15, -0.1) is 0 Å². The van der Waals surface area contributed by atoms with Crippen molar-refractivity contribution < 1.29 is 4.79 Å². The highest BCUT2D eigenvalue weighted by molar-refractivity contribution is 9.10. The third kappa shape index (κ3) is 2.07. The van der Waals surface area contributed by atoms with E-state index in [1.807, 2.05) is 44.2 Å². The molecule has 0 saturated heterocycles. The molecule has 0 fully saturated rings. The Hall–Kier alpha value is -1.35. The molecule has 3 heteroatoms. The first-order chi connectivity index (χ1) is 8.02. The van der Waals surface area contributed by atoms with Gasteiger partial charge in [-0.05, 0) is 54.9 Å². The normalized spacial score (nSPS) is 10.6. The van der Waals surface area contributed by atoms with Gasteiger partial charge in [-0.2, -0.15) is 0 Å². The van der Waals surface area contributed by atoms with Gasteiger partial charge in [0.25, 0.3) is 0 Å². The van der Waals surface area contributed by atoms with E-state index >= 15 is 0 Å². The lowest BCUT2D eigenvalue weighted by molar-refractivity contribution is 0.101. The van der Waals surface area contributed by atoms with Crippen molar-refractivity contribution in [1.29, 1.82) is 0 Å². The largest absolute Gasteiger partial charge is 0.317 e. The summed E-state index contributed by atoms with van der Waals surface area (Å²) in [6, 6.07) is 9.95. The highest BCUT2D eigenvalue weighted by Crippen LogP contribution is 2.26. The zero-order chi connectivity index (χ0) is 12.6. The van der Waals surface area contributed by atoms with Crippen LogP contribution in [0.15, 0.2) is 34.8 Å². The molecule has 0 unspecified atom stereocenters. The Morgan fingerprint density at radius 3 is 2.41 bits per heavy atom. The van der Waals surface area contributed by atoms with E-state index < -0.39 is 0 Å². The summed E-state index contributed by atoms with van der Waals surface area (Å²) in [6.07, 6.45) is 0. The summed E-state index contributed by atoms with van der Waals surface area (Å²) in [5.74, 6) is 0.108. The summed E-state index contributed by atoms with van der Waals surface area (Å²) >= 11 is 3.54. The van der Waals surface area contributed by atoms with Crippen LogP contribution in [0, 0.1) is 13.8 Å². The van der Waals surface area contributed by atoms with Gasteiger partial charge in [-0.25, -0.2) is 0 Å². The Kier molecular flexibility index (Phi) is 3.20. The summed E-state index contributed by atoms with van der Waals surface area (Å²) in [4.78, 5) is 11.5. The van der Waals surface area contributed by atoms with Crippen LogP contribution in [0.25, 0.3) is 5.69 Å². The molecule has 1 aromatic heterocycles. The van der Waals surface area contributed by atoms with Crippen molar-refractivity contribution in [2.24, 2.45) is 0 Å². The molecule has 2 nitrogen and oxygen atoms in total. The maximum Gasteiger partial charge on any atom is 0.161 e. The Balaban J connectivity index is 2.69. The number of rotatable bonds is 2. The van der Waals surface area contributed by atoms with Gasteiger partial charge in [-0.3, -0.25) is 4.79 Å². The molecule has 88 valence electrons. The van der Waals surface area contributed by atoms with Crippen LogP contribution in [0.1, 0.15) is 28.7 Å². The van der Waals surface area contributed by atoms with E-state index in [4.69, 9.17) is 0 Å². The predicted octanol–water partition coefficient (Wildman–Crippen LogP) is 4.06. The first-order valence-electron chi connectivity index (χ1n) is 5.47. The SMILES string of the molecule is CC(=O)c1cc(C)n(-c2ccccc2Br)c1C. The fraction of sp³-hybridized carbons (Fsp3) is 0.214. The van der Waals surface area contributed by atoms with Crippen molar-refractivity contribution >= 4 is 21.7 Å². The fourth-order valence-corrected chi connectivity index (χ4v) is 2.59. The zero-order valence-corrected chi connectivity index (χ0v) is 11.7. The summed E-state index contributed by atoms with van der Waals surface area (Å²) in [7, 11) is 0. The van der Waals surface area contributed by atoms with Crippen LogP contribution in [-0.4, -0.2) is 10.4 Å². The van der Waals surface area contributed by atoms with Crippen molar-refractivity contribution in [3.8, 4) is 5.69 Å². The lowest BCUT2D eigenvalue weighted by atomic mass is 10.2. The number of carbonyl (C=O) groups is 1. The molecule has 0 aliphatic rings. The monoisotopic (exact) mass is 291 g/mol. The Morgan fingerprint density at radius 2 is 1.88 bits per heavy atom. The number of carbonyl (C=O) groups excluding carboxylic acids is 1. The van der Waals surface area contributed by atoms with Gasteiger partial charge >= 0.3 is 0 Å². The zero-order valence-electron chi connectivity index (χ0n) is 10.1. The molecule has 1 aromatic carbocycles. The van der Waals surface area contributed by atoms with Crippen molar-refractivity contribution in [3.05, 3.63) is 51.8 Å². The first-order valence-corrected chi connectivity index (χ1v) is 6.26. The second-order valence-electron chi connectivity index (χ2n) is 4.13. The number of hydrogen-bond acceptors (Lipinski definition) is 1. The smallest absolute Gasteiger partial charge is 0.161 e. The average molecular weight is 292 g/mol.